The van der Waals surface area contributed by atoms with Crippen molar-refractivity contribution in [1.29, 1.82) is 0 Å². The Bertz CT molecular complexity index is 853. The molecule has 1 saturated heterocycles. The summed E-state index contributed by atoms with van der Waals surface area (Å²) < 4.78 is 32.6. The first-order chi connectivity index (χ1) is 13.6. The standard InChI is InChI=1S/C22H27NO4S/c24-22(27-17-9-14-19-10-3-1-4-11-19)21-15-7-8-16-23(21)28(25,26)18-20-12-5-2-6-13-20/h1-6,10-13,21H,7-9,14-18H2/t21-/m0/s1. The van der Waals surface area contributed by atoms with Crippen LogP contribution in [-0.4, -0.2) is 37.9 Å². The second-order valence-electron chi connectivity index (χ2n) is 7.12. The van der Waals surface area contributed by atoms with Crippen LogP contribution in [0, 0.1) is 0 Å². The van der Waals surface area contributed by atoms with E-state index in [4.69, 9.17) is 4.74 Å². The molecule has 150 valence electrons. The summed E-state index contributed by atoms with van der Waals surface area (Å²) in [7, 11) is -3.57. The van der Waals surface area contributed by atoms with Gasteiger partial charge in [-0.25, -0.2) is 8.42 Å². The predicted molar refractivity (Wildman–Crippen MR) is 109 cm³/mol. The van der Waals surface area contributed by atoms with Crippen LogP contribution in [0.4, 0.5) is 0 Å². The van der Waals surface area contributed by atoms with Crippen LogP contribution in [0.1, 0.15) is 36.8 Å². The third-order valence-electron chi connectivity index (χ3n) is 4.97. The monoisotopic (exact) mass is 401 g/mol. The number of sulfonamides is 1. The van der Waals surface area contributed by atoms with Crippen LogP contribution in [0.15, 0.2) is 60.7 Å². The first-order valence-electron chi connectivity index (χ1n) is 9.80. The van der Waals surface area contributed by atoms with Gasteiger partial charge in [0.05, 0.1) is 12.4 Å². The van der Waals surface area contributed by atoms with E-state index in [2.05, 4.69) is 0 Å². The topological polar surface area (TPSA) is 63.7 Å². The smallest absolute Gasteiger partial charge is 0.324 e. The Morgan fingerprint density at radius 1 is 0.964 bits per heavy atom. The number of hydrogen-bond acceptors (Lipinski definition) is 4. The Morgan fingerprint density at radius 3 is 2.29 bits per heavy atom. The first kappa shape index (κ1) is 20.6. The minimum Gasteiger partial charge on any atom is -0.464 e. The molecular weight excluding hydrogens is 374 g/mol. The SMILES string of the molecule is O=C(OCCCc1ccccc1)[C@@H]1CCCCN1S(=O)(=O)Cc1ccccc1. The number of benzene rings is 2. The molecule has 0 saturated carbocycles. The van der Waals surface area contributed by atoms with Crippen molar-refractivity contribution < 1.29 is 17.9 Å². The zero-order valence-electron chi connectivity index (χ0n) is 16.0. The molecule has 0 amide bonds. The highest BCUT2D eigenvalue weighted by Gasteiger charge is 2.37. The average molecular weight is 402 g/mol. The van der Waals surface area contributed by atoms with Crippen LogP contribution in [0.5, 0.6) is 0 Å². The fourth-order valence-electron chi connectivity index (χ4n) is 3.53. The third-order valence-corrected chi connectivity index (χ3v) is 6.82. The molecule has 3 rings (SSSR count). The third kappa shape index (κ3) is 5.66. The maximum atomic E-state index is 12.9. The van der Waals surface area contributed by atoms with Gasteiger partial charge in [-0.3, -0.25) is 4.79 Å². The Kier molecular flexibility index (Phi) is 7.23. The summed E-state index contributed by atoms with van der Waals surface area (Å²) in [5, 5.41) is 0. The Balaban J connectivity index is 1.56. The Hall–Kier alpha value is -2.18. The molecule has 0 N–H and O–H groups in total. The first-order valence-corrected chi connectivity index (χ1v) is 11.4. The van der Waals surface area contributed by atoms with E-state index in [0.717, 1.165) is 31.2 Å². The normalized spacial score (nSPS) is 17.9. The lowest BCUT2D eigenvalue weighted by molar-refractivity contribution is -0.149. The van der Waals surface area contributed by atoms with Crippen LogP contribution in [0.3, 0.4) is 0 Å². The van der Waals surface area contributed by atoms with Gasteiger partial charge in [-0.1, -0.05) is 60.7 Å². The minimum absolute atomic E-state index is 0.0916. The Morgan fingerprint density at radius 2 is 1.61 bits per heavy atom. The van der Waals surface area contributed by atoms with E-state index < -0.39 is 22.0 Å². The van der Waals surface area contributed by atoms with Gasteiger partial charge in [0.1, 0.15) is 6.04 Å². The molecule has 2 aromatic carbocycles. The number of piperidine rings is 1. The van der Waals surface area contributed by atoms with E-state index in [0.29, 0.717) is 19.6 Å². The van der Waals surface area contributed by atoms with Gasteiger partial charge < -0.3 is 4.74 Å². The van der Waals surface area contributed by atoms with Crippen molar-refractivity contribution >= 4 is 16.0 Å². The number of ether oxygens (including phenoxy) is 1. The van der Waals surface area contributed by atoms with E-state index >= 15 is 0 Å². The van der Waals surface area contributed by atoms with Gasteiger partial charge in [0, 0.05) is 6.54 Å². The number of hydrogen-bond donors (Lipinski definition) is 0. The van der Waals surface area contributed by atoms with Crippen molar-refractivity contribution in [2.45, 2.75) is 43.9 Å². The van der Waals surface area contributed by atoms with Gasteiger partial charge in [0.2, 0.25) is 10.0 Å². The molecule has 1 atom stereocenters. The minimum atomic E-state index is -3.57. The van der Waals surface area contributed by atoms with Crippen LogP contribution in [0.25, 0.3) is 0 Å². The molecule has 0 aromatic heterocycles. The Labute approximate surface area is 167 Å². The van der Waals surface area contributed by atoms with Gasteiger partial charge in [0.15, 0.2) is 0 Å². The van der Waals surface area contributed by atoms with Crippen LogP contribution >= 0.6 is 0 Å². The highest BCUT2D eigenvalue weighted by atomic mass is 32.2. The number of esters is 1. The maximum absolute atomic E-state index is 12.9. The quantitative estimate of drug-likeness (QED) is 0.501. The number of aryl methyl sites for hydroxylation is 1. The molecular formula is C22H27NO4S. The predicted octanol–water partition coefficient (Wildman–Crippen LogP) is 3.55. The molecule has 1 heterocycles. The van der Waals surface area contributed by atoms with Crippen LogP contribution < -0.4 is 0 Å². The average Bonchev–Trinajstić information content (AvgIpc) is 2.72. The van der Waals surface area contributed by atoms with E-state index in [-0.39, 0.29) is 5.75 Å². The second kappa shape index (κ2) is 9.85. The summed E-state index contributed by atoms with van der Waals surface area (Å²) in [4.78, 5) is 12.6. The summed E-state index contributed by atoms with van der Waals surface area (Å²) >= 11 is 0. The zero-order chi connectivity index (χ0) is 19.8. The maximum Gasteiger partial charge on any atom is 0.324 e. The van der Waals surface area contributed by atoms with Crippen molar-refractivity contribution in [3.63, 3.8) is 0 Å². The number of rotatable bonds is 8. The van der Waals surface area contributed by atoms with Gasteiger partial charge in [-0.15, -0.1) is 0 Å². The lowest BCUT2D eigenvalue weighted by Crippen LogP contribution is -2.49. The van der Waals surface area contributed by atoms with Gasteiger partial charge in [-0.2, -0.15) is 4.31 Å². The molecule has 6 heteroatoms. The van der Waals surface area contributed by atoms with Crippen molar-refractivity contribution in [3.05, 3.63) is 71.8 Å². The number of carbonyl (C=O) groups excluding carboxylic acids is 1. The fourth-order valence-corrected chi connectivity index (χ4v) is 5.30. The summed E-state index contributed by atoms with van der Waals surface area (Å²) in [6.45, 7) is 0.676. The molecule has 0 unspecified atom stereocenters. The number of nitrogens with zero attached hydrogens (tertiary/aromatic N) is 1. The molecule has 0 aliphatic carbocycles. The van der Waals surface area contributed by atoms with Crippen molar-refractivity contribution in [3.8, 4) is 0 Å². The molecule has 28 heavy (non-hydrogen) atoms. The van der Waals surface area contributed by atoms with Crippen molar-refractivity contribution in [2.75, 3.05) is 13.2 Å². The lowest BCUT2D eigenvalue weighted by Gasteiger charge is -2.33. The highest BCUT2D eigenvalue weighted by Crippen LogP contribution is 2.24. The van der Waals surface area contributed by atoms with Gasteiger partial charge in [-0.05, 0) is 43.2 Å². The molecule has 0 bridgehead atoms. The molecule has 1 aliphatic heterocycles. The summed E-state index contributed by atoms with van der Waals surface area (Å²) in [6, 6.07) is 18.4. The molecule has 0 radical (unpaired) electrons. The van der Waals surface area contributed by atoms with Crippen molar-refractivity contribution in [1.82, 2.24) is 4.31 Å². The summed E-state index contributed by atoms with van der Waals surface area (Å²) in [6.07, 6.45) is 3.67. The largest absolute Gasteiger partial charge is 0.464 e. The van der Waals surface area contributed by atoms with E-state index in [9.17, 15) is 13.2 Å². The zero-order valence-corrected chi connectivity index (χ0v) is 16.8. The van der Waals surface area contributed by atoms with E-state index in [1.807, 2.05) is 48.5 Å². The molecule has 1 fully saturated rings. The van der Waals surface area contributed by atoms with Crippen LogP contribution in [0.2, 0.25) is 0 Å². The summed E-state index contributed by atoms with van der Waals surface area (Å²) in [5.41, 5.74) is 1.92. The van der Waals surface area contributed by atoms with E-state index in [1.54, 1.807) is 12.1 Å². The highest BCUT2D eigenvalue weighted by molar-refractivity contribution is 7.88. The molecule has 2 aromatic rings. The second-order valence-corrected chi connectivity index (χ2v) is 9.04. The molecule has 0 spiro atoms. The van der Waals surface area contributed by atoms with Gasteiger partial charge in [0.25, 0.3) is 0 Å². The van der Waals surface area contributed by atoms with E-state index in [1.165, 1.54) is 9.87 Å². The summed E-state index contributed by atoms with van der Waals surface area (Å²) in [5.74, 6) is -0.518. The van der Waals surface area contributed by atoms with Crippen molar-refractivity contribution in [2.24, 2.45) is 0 Å². The van der Waals surface area contributed by atoms with Gasteiger partial charge >= 0.3 is 5.97 Å². The molecule has 1 aliphatic rings. The number of carbonyl (C=O) groups is 1. The van der Waals surface area contributed by atoms with Crippen LogP contribution in [-0.2, 0) is 31.7 Å². The fraction of sp³-hybridized carbons (Fsp3) is 0.409. The lowest BCUT2D eigenvalue weighted by atomic mass is 10.1. The molecule has 5 nitrogen and oxygen atoms in total.